The summed E-state index contributed by atoms with van der Waals surface area (Å²) < 4.78 is 0. The Hall–Kier alpha value is -2.66. The molecule has 124 valence electrons. The van der Waals surface area contributed by atoms with E-state index < -0.39 is 0 Å². The lowest BCUT2D eigenvalue weighted by atomic mass is 10.0. The van der Waals surface area contributed by atoms with Crippen LogP contribution in [0, 0.1) is 0 Å². The van der Waals surface area contributed by atoms with Crippen LogP contribution in [0.4, 0.5) is 5.69 Å². The summed E-state index contributed by atoms with van der Waals surface area (Å²) in [6, 6.07) is 14.8. The topological polar surface area (TPSA) is 61.4 Å². The Balaban J connectivity index is 1.84. The predicted octanol–water partition coefficient (Wildman–Crippen LogP) is 2.56. The maximum atomic E-state index is 12.8. The average Bonchev–Trinajstić information content (AvgIpc) is 2.96. The number of rotatable bonds is 5. The van der Waals surface area contributed by atoms with E-state index in [-0.39, 0.29) is 17.9 Å². The summed E-state index contributed by atoms with van der Waals surface area (Å²) in [6.07, 6.45) is 0. The van der Waals surface area contributed by atoms with Gasteiger partial charge in [0.05, 0.1) is 0 Å². The zero-order valence-electron chi connectivity index (χ0n) is 13.9. The molecule has 2 aromatic carbocycles. The monoisotopic (exact) mass is 323 g/mol. The molecule has 1 heterocycles. The fourth-order valence-corrected chi connectivity index (χ4v) is 2.93. The van der Waals surface area contributed by atoms with Crippen LogP contribution in [0.5, 0.6) is 0 Å². The first-order chi connectivity index (χ1) is 11.6. The molecular formula is C19H21N3O2. The molecule has 2 amide bonds. The minimum absolute atomic E-state index is 0.0913. The van der Waals surface area contributed by atoms with Crippen LogP contribution >= 0.6 is 0 Å². The van der Waals surface area contributed by atoms with Gasteiger partial charge in [0.1, 0.15) is 6.04 Å². The van der Waals surface area contributed by atoms with Crippen LogP contribution in [0.2, 0.25) is 0 Å². The standard InChI is InChI=1S/C19H21N3O2/c1-3-22(2)17(13-7-5-4-6-8-13)19(24)21-15-10-9-14-12-20-18(23)16(14)11-15/h4-11,17H,3,12H2,1-2H3,(H,20,23)(H,21,24)/t17-/m0/s1. The number of likely N-dealkylation sites (N-methyl/N-ethyl adjacent to an activating group) is 1. The third-order valence-corrected chi connectivity index (χ3v) is 4.36. The van der Waals surface area contributed by atoms with Gasteiger partial charge in [0.25, 0.3) is 5.91 Å². The van der Waals surface area contributed by atoms with Crippen LogP contribution in [0.25, 0.3) is 0 Å². The molecule has 0 bridgehead atoms. The molecule has 0 radical (unpaired) electrons. The van der Waals surface area contributed by atoms with E-state index in [0.29, 0.717) is 17.8 Å². The second-order valence-corrected chi connectivity index (χ2v) is 5.93. The lowest BCUT2D eigenvalue weighted by Gasteiger charge is -2.26. The molecule has 1 aliphatic rings. The minimum atomic E-state index is -0.377. The average molecular weight is 323 g/mol. The van der Waals surface area contributed by atoms with Crippen LogP contribution in [-0.4, -0.2) is 30.3 Å². The number of amides is 2. The number of nitrogens with one attached hydrogen (secondary N) is 2. The molecule has 0 saturated carbocycles. The summed E-state index contributed by atoms with van der Waals surface area (Å²) in [5, 5.41) is 5.73. The molecule has 2 aromatic rings. The first-order valence-corrected chi connectivity index (χ1v) is 8.07. The Bertz CT molecular complexity index is 758. The van der Waals surface area contributed by atoms with Crippen LogP contribution in [0.3, 0.4) is 0 Å². The van der Waals surface area contributed by atoms with Gasteiger partial charge < -0.3 is 10.6 Å². The zero-order valence-corrected chi connectivity index (χ0v) is 13.9. The van der Waals surface area contributed by atoms with Crippen molar-refractivity contribution >= 4 is 17.5 Å². The summed E-state index contributed by atoms with van der Waals surface area (Å²) >= 11 is 0. The number of hydrogen-bond acceptors (Lipinski definition) is 3. The minimum Gasteiger partial charge on any atom is -0.348 e. The molecule has 2 N–H and O–H groups in total. The lowest BCUT2D eigenvalue weighted by Crippen LogP contribution is -2.34. The van der Waals surface area contributed by atoms with Crippen molar-refractivity contribution in [3.8, 4) is 0 Å². The highest BCUT2D eigenvalue weighted by Crippen LogP contribution is 2.24. The number of carbonyl (C=O) groups excluding carboxylic acids is 2. The Labute approximate surface area is 141 Å². The van der Waals surface area contributed by atoms with Crippen molar-refractivity contribution in [2.45, 2.75) is 19.5 Å². The smallest absolute Gasteiger partial charge is 0.251 e. The van der Waals surface area contributed by atoms with Gasteiger partial charge in [-0.1, -0.05) is 43.3 Å². The van der Waals surface area contributed by atoms with E-state index in [1.54, 1.807) is 6.07 Å². The van der Waals surface area contributed by atoms with E-state index >= 15 is 0 Å². The van der Waals surface area contributed by atoms with Gasteiger partial charge >= 0.3 is 0 Å². The van der Waals surface area contributed by atoms with Gasteiger partial charge in [-0.3, -0.25) is 14.5 Å². The number of anilines is 1. The quantitative estimate of drug-likeness (QED) is 0.889. The Kier molecular flexibility index (Phi) is 4.62. The predicted molar refractivity (Wildman–Crippen MR) is 93.7 cm³/mol. The maximum Gasteiger partial charge on any atom is 0.251 e. The summed E-state index contributed by atoms with van der Waals surface area (Å²) in [4.78, 5) is 26.6. The lowest BCUT2D eigenvalue weighted by molar-refractivity contribution is -0.121. The number of carbonyl (C=O) groups is 2. The third kappa shape index (κ3) is 3.16. The highest BCUT2D eigenvalue weighted by atomic mass is 16.2. The van der Waals surface area contributed by atoms with Gasteiger partial charge in [-0.25, -0.2) is 0 Å². The van der Waals surface area contributed by atoms with E-state index in [0.717, 1.165) is 17.7 Å². The molecular weight excluding hydrogens is 302 g/mol. The first-order valence-electron chi connectivity index (χ1n) is 8.07. The fourth-order valence-electron chi connectivity index (χ4n) is 2.93. The van der Waals surface area contributed by atoms with Gasteiger partial charge in [-0.2, -0.15) is 0 Å². The van der Waals surface area contributed by atoms with Crippen molar-refractivity contribution in [2.24, 2.45) is 0 Å². The van der Waals surface area contributed by atoms with Crippen molar-refractivity contribution in [3.05, 3.63) is 65.2 Å². The van der Waals surface area contributed by atoms with Gasteiger partial charge in [0.15, 0.2) is 0 Å². The molecule has 0 aromatic heterocycles. The molecule has 1 aliphatic heterocycles. The molecule has 0 aliphatic carbocycles. The highest BCUT2D eigenvalue weighted by molar-refractivity contribution is 6.01. The number of fused-ring (bicyclic) bond motifs is 1. The molecule has 1 atom stereocenters. The van der Waals surface area contributed by atoms with Crippen molar-refractivity contribution in [1.82, 2.24) is 10.2 Å². The van der Waals surface area contributed by atoms with Crippen LogP contribution in [0.15, 0.2) is 48.5 Å². The highest BCUT2D eigenvalue weighted by Gasteiger charge is 2.25. The van der Waals surface area contributed by atoms with Gasteiger partial charge in [0, 0.05) is 17.8 Å². The SMILES string of the molecule is CCN(C)[C@H](C(=O)Nc1ccc2c(c1)C(=O)NC2)c1ccccc1. The summed E-state index contributed by atoms with van der Waals surface area (Å²) in [5.74, 6) is -0.199. The summed E-state index contributed by atoms with van der Waals surface area (Å²) in [5.41, 5.74) is 3.18. The van der Waals surface area contributed by atoms with Crippen LogP contribution < -0.4 is 10.6 Å². The second kappa shape index (κ2) is 6.84. The van der Waals surface area contributed by atoms with Crippen LogP contribution in [-0.2, 0) is 11.3 Å². The van der Waals surface area contributed by atoms with Gasteiger partial charge in [-0.15, -0.1) is 0 Å². The molecule has 5 heteroatoms. The van der Waals surface area contributed by atoms with Crippen LogP contribution in [0.1, 0.15) is 34.5 Å². The fraction of sp³-hybridized carbons (Fsp3) is 0.263. The third-order valence-electron chi connectivity index (χ3n) is 4.36. The maximum absolute atomic E-state index is 12.8. The van der Waals surface area contributed by atoms with E-state index in [1.165, 1.54) is 0 Å². The molecule has 0 fully saturated rings. The number of hydrogen-bond donors (Lipinski definition) is 2. The van der Waals surface area contributed by atoms with Crippen molar-refractivity contribution < 1.29 is 9.59 Å². The summed E-state index contributed by atoms with van der Waals surface area (Å²) in [7, 11) is 1.92. The molecule has 0 saturated heterocycles. The molecule has 5 nitrogen and oxygen atoms in total. The van der Waals surface area contributed by atoms with Gasteiger partial charge in [-0.05, 0) is 36.9 Å². The Morgan fingerprint density at radius 3 is 2.71 bits per heavy atom. The van der Waals surface area contributed by atoms with Gasteiger partial charge in [0.2, 0.25) is 5.91 Å². The first kappa shape index (κ1) is 16.2. The molecule has 3 rings (SSSR count). The Morgan fingerprint density at radius 1 is 1.25 bits per heavy atom. The van der Waals surface area contributed by atoms with E-state index in [2.05, 4.69) is 10.6 Å². The molecule has 0 unspecified atom stereocenters. The second-order valence-electron chi connectivity index (χ2n) is 5.93. The molecule has 24 heavy (non-hydrogen) atoms. The number of benzene rings is 2. The van der Waals surface area contributed by atoms with Crippen molar-refractivity contribution in [2.75, 3.05) is 18.9 Å². The normalized spacial score (nSPS) is 14.2. The Morgan fingerprint density at radius 2 is 2.00 bits per heavy atom. The van der Waals surface area contributed by atoms with Crippen molar-refractivity contribution in [1.29, 1.82) is 0 Å². The number of nitrogens with zero attached hydrogens (tertiary/aromatic N) is 1. The van der Waals surface area contributed by atoms with E-state index in [4.69, 9.17) is 0 Å². The van der Waals surface area contributed by atoms with Crippen molar-refractivity contribution in [3.63, 3.8) is 0 Å². The largest absolute Gasteiger partial charge is 0.348 e. The van der Waals surface area contributed by atoms with E-state index in [9.17, 15) is 9.59 Å². The zero-order chi connectivity index (χ0) is 17.1. The summed E-state index contributed by atoms with van der Waals surface area (Å²) in [6.45, 7) is 3.32. The van der Waals surface area contributed by atoms with E-state index in [1.807, 2.05) is 61.3 Å². The molecule has 0 spiro atoms.